The molecule has 196 valence electrons. The molecule has 4 bridgehead atoms. The predicted molar refractivity (Wildman–Crippen MR) is 141 cm³/mol. The second-order valence-electron chi connectivity index (χ2n) is 13.1. The highest BCUT2D eigenvalue weighted by molar-refractivity contribution is 6.30. The molecule has 2 aliphatic heterocycles. The molecular weight excluding hydrogens is 486 g/mol. The van der Waals surface area contributed by atoms with Crippen LogP contribution in [0.5, 0.6) is 11.5 Å². The van der Waals surface area contributed by atoms with Crippen LogP contribution in [0.2, 0.25) is 5.02 Å². The van der Waals surface area contributed by atoms with E-state index in [9.17, 15) is 10.2 Å². The lowest BCUT2D eigenvalue weighted by molar-refractivity contribution is -0.304. The van der Waals surface area contributed by atoms with E-state index in [0.29, 0.717) is 16.8 Å². The lowest BCUT2D eigenvalue weighted by Crippen LogP contribution is -2.82. The maximum absolute atomic E-state index is 12.4. The van der Waals surface area contributed by atoms with Crippen LogP contribution in [0.3, 0.4) is 0 Å². The third kappa shape index (κ3) is 2.63. The smallest absolute Gasteiger partial charge is 0.165 e. The lowest BCUT2D eigenvalue weighted by Gasteiger charge is -2.75. The normalized spacial score (nSPS) is 40.7. The number of nitrogens with zero attached hydrogens (tertiary/aromatic N) is 1. The molecule has 2 aromatic rings. The number of aromatic hydroxyl groups is 1. The molecule has 0 amide bonds. The summed E-state index contributed by atoms with van der Waals surface area (Å²) in [6, 6.07) is 12.0. The Balaban J connectivity index is 1.35. The van der Waals surface area contributed by atoms with Crippen LogP contribution in [0.4, 0.5) is 0 Å². The van der Waals surface area contributed by atoms with Gasteiger partial charge in [0.15, 0.2) is 11.5 Å². The summed E-state index contributed by atoms with van der Waals surface area (Å²) in [5.74, 6) is 1.57. The Labute approximate surface area is 223 Å². The number of benzene rings is 2. The van der Waals surface area contributed by atoms with Crippen LogP contribution in [-0.4, -0.2) is 53.1 Å². The first-order valence-electron chi connectivity index (χ1n) is 14.1. The highest BCUT2D eigenvalue weighted by Crippen LogP contribution is 2.78. The van der Waals surface area contributed by atoms with Crippen molar-refractivity contribution in [3.8, 4) is 11.5 Å². The zero-order valence-electron chi connectivity index (χ0n) is 21.7. The Hall–Kier alpha value is -1.79. The zero-order valence-corrected chi connectivity index (χ0v) is 22.4. The van der Waals surface area contributed by atoms with Crippen molar-refractivity contribution in [3.63, 3.8) is 0 Å². The molecule has 7 atom stereocenters. The third-order valence-electron chi connectivity index (χ3n) is 11.7. The Morgan fingerprint density at radius 3 is 2.78 bits per heavy atom. The molecule has 5 fully saturated rings. The molecule has 5 aliphatic carbocycles. The number of phenols is 1. The first-order valence-corrected chi connectivity index (χ1v) is 14.4. The van der Waals surface area contributed by atoms with Gasteiger partial charge in [0.05, 0.1) is 5.60 Å². The summed E-state index contributed by atoms with van der Waals surface area (Å²) in [7, 11) is 1.80. The van der Waals surface area contributed by atoms with Gasteiger partial charge in [-0.1, -0.05) is 29.8 Å². The maximum Gasteiger partial charge on any atom is 0.165 e. The largest absolute Gasteiger partial charge is 0.504 e. The van der Waals surface area contributed by atoms with E-state index in [-0.39, 0.29) is 28.6 Å². The highest BCUT2D eigenvalue weighted by atomic mass is 35.5. The number of ether oxygens (including phenoxy) is 2. The van der Waals surface area contributed by atoms with Crippen molar-refractivity contribution in [2.45, 2.75) is 80.6 Å². The van der Waals surface area contributed by atoms with Gasteiger partial charge in [-0.15, -0.1) is 0 Å². The molecule has 2 heterocycles. The number of hydrogen-bond donors (Lipinski definition) is 2. The van der Waals surface area contributed by atoms with E-state index in [4.69, 9.17) is 21.1 Å². The fourth-order valence-electron chi connectivity index (χ4n) is 10.1. The number of rotatable bonds is 5. The van der Waals surface area contributed by atoms with E-state index in [2.05, 4.69) is 11.0 Å². The molecule has 2 N–H and O–H groups in total. The minimum atomic E-state index is -1.15. The van der Waals surface area contributed by atoms with E-state index in [1.165, 1.54) is 30.5 Å². The van der Waals surface area contributed by atoms with Crippen LogP contribution in [0.1, 0.15) is 62.1 Å². The number of likely N-dealkylation sites (tertiary alicyclic amines) is 1. The van der Waals surface area contributed by atoms with Gasteiger partial charge in [-0.2, -0.15) is 0 Å². The van der Waals surface area contributed by atoms with E-state index in [1.807, 2.05) is 37.3 Å². The van der Waals surface area contributed by atoms with Gasteiger partial charge in [-0.05, 0) is 93.7 Å². The van der Waals surface area contributed by atoms with Gasteiger partial charge in [0.25, 0.3) is 0 Å². The molecule has 2 unspecified atom stereocenters. The van der Waals surface area contributed by atoms with Gasteiger partial charge in [0.1, 0.15) is 11.7 Å². The van der Waals surface area contributed by atoms with Crippen LogP contribution < -0.4 is 4.74 Å². The molecular formula is C31H36ClNO4. The number of aliphatic hydroxyl groups is 1. The zero-order chi connectivity index (χ0) is 25.4. The molecule has 5 nitrogen and oxygen atoms in total. The Morgan fingerprint density at radius 2 is 2.03 bits per heavy atom. The van der Waals surface area contributed by atoms with Crippen molar-refractivity contribution in [1.29, 1.82) is 0 Å². The molecule has 0 radical (unpaired) electrons. The Morgan fingerprint density at radius 1 is 1.19 bits per heavy atom. The monoisotopic (exact) mass is 521 g/mol. The van der Waals surface area contributed by atoms with Crippen molar-refractivity contribution in [3.05, 3.63) is 58.1 Å². The average Bonchev–Trinajstić information content (AvgIpc) is 3.63. The summed E-state index contributed by atoms with van der Waals surface area (Å²) in [5.41, 5.74) is 1.36. The SMILES string of the molecule is CO[C@]12CCC3(C[C@@H]1[C@](C)(O)c1cccc(Cl)c1)C1Cc4ccc(O)c5c4[C@@]3(CCN1CC1CC1)[C@@H]2O5. The van der Waals surface area contributed by atoms with Crippen molar-refractivity contribution >= 4 is 11.6 Å². The molecule has 6 heteroatoms. The fraction of sp³-hybridized carbons (Fsp3) is 0.613. The van der Waals surface area contributed by atoms with Crippen molar-refractivity contribution in [2.75, 3.05) is 20.2 Å². The number of fused-ring (bicyclic) bond motifs is 2. The summed E-state index contributed by atoms with van der Waals surface area (Å²) < 4.78 is 13.5. The van der Waals surface area contributed by atoms with Gasteiger partial charge in [-0.25, -0.2) is 0 Å². The van der Waals surface area contributed by atoms with Gasteiger partial charge in [0, 0.05) is 47.0 Å². The molecule has 37 heavy (non-hydrogen) atoms. The molecule has 4 saturated carbocycles. The van der Waals surface area contributed by atoms with Crippen molar-refractivity contribution < 1.29 is 19.7 Å². The minimum absolute atomic E-state index is 0.0373. The summed E-state index contributed by atoms with van der Waals surface area (Å²) in [5, 5.41) is 24.1. The average molecular weight is 522 g/mol. The Kier molecular flexibility index (Phi) is 4.52. The predicted octanol–water partition coefficient (Wildman–Crippen LogP) is 5.18. The highest BCUT2D eigenvalue weighted by Gasteiger charge is 2.82. The Bertz CT molecular complexity index is 1310. The standard InChI is InChI=1S/C31H36ClNO4/c1-28(35,20-4-3-5-21(32)15-20)23-16-29-10-11-31(23,36-2)27-30(29)12-13-33(17-18-6-7-18)24(29)14-19-8-9-22(34)26(37-27)25(19)30/h3-5,8-9,15,18,23-24,27,34-35H,6-7,10-14,16-17H2,1-2H3/t23-,24?,27+,28-,29?,30+,31-/m1/s1. The molecule has 0 aromatic heterocycles. The minimum Gasteiger partial charge on any atom is -0.504 e. The van der Waals surface area contributed by atoms with E-state index < -0.39 is 11.2 Å². The van der Waals surface area contributed by atoms with E-state index in [0.717, 1.165) is 50.1 Å². The number of methoxy groups -OCH3 is 1. The van der Waals surface area contributed by atoms with Crippen LogP contribution >= 0.6 is 11.6 Å². The first-order chi connectivity index (χ1) is 17.8. The number of halogens is 1. The van der Waals surface area contributed by atoms with E-state index in [1.54, 1.807) is 7.11 Å². The van der Waals surface area contributed by atoms with Gasteiger partial charge in [-0.3, -0.25) is 4.90 Å². The molecule has 2 aromatic carbocycles. The van der Waals surface area contributed by atoms with E-state index >= 15 is 0 Å². The number of hydrogen-bond acceptors (Lipinski definition) is 5. The van der Waals surface area contributed by atoms with Crippen LogP contribution in [0, 0.1) is 17.3 Å². The molecule has 1 saturated heterocycles. The molecule has 2 spiro atoms. The van der Waals surface area contributed by atoms with Crippen LogP contribution in [0.25, 0.3) is 0 Å². The quantitative estimate of drug-likeness (QED) is 0.568. The summed E-state index contributed by atoms with van der Waals surface area (Å²) in [6.45, 7) is 4.19. The maximum atomic E-state index is 12.4. The number of phenolic OH excluding ortho intramolecular Hbond substituents is 1. The van der Waals surface area contributed by atoms with Crippen molar-refractivity contribution in [2.24, 2.45) is 17.3 Å². The summed E-state index contributed by atoms with van der Waals surface area (Å²) in [6.07, 6.45) is 7.23. The van der Waals surface area contributed by atoms with Crippen LogP contribution in [-0.2, 0) is 22.2 Å². The van der Waals surface area contributed by atoms with Gasteiger partial charge < -0.3 is 19.7 Å². The first kappa shape index (κ1) is 23.1. The fourth-order valence-corrected chi connectivity index (χ4v) is 10.3. The van der Waals surface area contributed by atoms with Gasteiger partial charge >= 0.3 is 0 Å². The topological polar surface area (TPSA) is 62.2 Å². The summed E-state index contributed by atoms with van der Waals surface area (Å²) >= 11 is 6.42. The molecule has 7 aliphatic rings. The summed E-state index contributed by atoms with van der Waals surface area (Å²) in [4.78, 5) is 2.80. The number of piperidine rings is 1. The van der Waals surface area contributed by atoms with Crippen molar-refractivity contribution in [1.82, 2.24) is 4.90 Å². The second kappa shape index (κ2) is 7.24. The van der Waals surface area contributed by atoms with Crippen LogP contribution in [0.15, 0.2) is 36.4 Å². The molecule has 9 rings (SSSR count). The van der Waals surface area contributed by atoms with Gasteiger partial charge in [0.2, 0.25) is 0 Å². The second-order valence-corrected chi connectivity index (χ2v) is 13.5. The lowest BCUT2D eigenvalue weighted by atomic mass is 9.33. The third-order valence-corrected chi connectivity index (χ3v) is 12.0.